The molecule has 0 radical (unpaired) electrons. The van der Waals surface area contributed by atoms with Crippen molar-refractivity contribution in [2.75, 3.05) is 0 Å². The van der Waals surface area contributed by atoms with Crippen LogP contribution in [0.15, 0.2) is 24.3 Å². The summed E-state index contributed by atoms with van der Waals surface area (Å²) >= 11 is 0. The highest BCUT2D eigenvalue weighted by Crippen LogP contribution is 2.32. The van der Waals surface area contributed by atoms with Crippen LogP contribution >= 0.6 is 0 Å². The van der Waals surface area contributed by atoms with Gasteiger partial charge in [-0.15, -0.1) is 0 Å². The number of nitrogens with zero attached hydrogens (tertiary/aromatic N) is 1. The fourth-order valence-electron chi connectivity index (χ4n) is 2.73. The number of alkyl halides is 3. The van der Waals surface area contributed by atoms with E-state index in [4.69, 9.17) is 5.11 Å². The summed E-state index contributed by atoms with van der Waals surface area (Å²) in [6.45, 7) is 3.07. The molecule has 1 aromatic carbocycles. The number of rotatable bonds is 6. The molecule has 24 heavy (non-hydrogen) atoms. The zero-order valence-electron chi connectivity index (χ0n) is 13.5. The van der Waals surface area contributed by atoms with Crippen LogP contribution in [0.1, 0.15) is 37.8 Å². The minimum absolute atomic E-state index is 0.0763. The maximum Gasteiger partial charge on any atom is 0.416 e. The van der Waals surface area contributed by atoms with Gasteiger partial charge in [0.05, 0.1) is 5.56 Å². The molecule has 0 aromatic heterocycles. The third-order valence-electron chi connectivity index (χ3n) is 4.19. The van der Waals surface area contributed by atoms with Gasteiger partial charge in [0.1, 0.15) is 6.04 Å². The minimum atomic E-state index is -4.43. The quantitative estimate of drug-likeness (QED) is 0.862. The lowest BCUT2D eigenvalue weighted by molar-refractivity contribution is -0.151. The van der Waals surface area contributed by atoms with Gasteiger partial charge >= 0.3 is 12.1 Å². The standard InChI is InChI=1S/C17H20F3NO3/c1-10(8-12-4-3-5-13(9-12)17(18,19)20)15(22)21(14-6-7-14)11(2)16(23)24/h3-5,9-11,14H,6-8H2,1-2H3,(H,23,24). The van der Waals surface area contributed by atoms with Crippen molar-refractivity contribution in [3.8, 4) is 0 Å². The molecule has 1 aliphatic rings. The molecule has 132 valence electrons. The van der Waals surface area contributed by atoms with Crippen molar-refractivity contribution in [2.45, 2.75) is 51.4 Å². The van der Waals surface area contributed by atoms with Crippen molar-refractivity contribution >= 4 is 11.9 Å². The maximum absolute atomic E-state index is 12.8. The van der Waals surface area contributed by atoms with Gasteiger partial charge < -0.3 is 10.0 Å². The molecular weight excluding hydrogens is 323 g/mol. The average molecular weight is 343 g/mol. The highest BCUT2D eigenvalue weighted by molar-refractivity contribution is 5.85. The zero-order valence-corrected chi connectivity index (χ0v) is 13.5. The highest BCUT2D eigenvalue weighted by Gasteiger charge is 2.40. The van der Waals surface area contributed by atoms with E-state index in [-0.39, 0.29) is 18.4 Å². The smallest absolute Gasteiger partial charge is 0.416 e. The number of aliphatic carboxylic acids is 1. The summed E-state index contributed by atoms with van der Waals surface area (Å²) in [5.74, 6) is -2.00. The molecule has 0 spiro atoms. The van der Waals surface area contributed by atoms with Gasteiger partial charge in [0.2, 0.25) is 5.91 Å². The van der Waals surface area contributed by atoms with Crippen LogP contribution in [0.2, 0.25) is 0 Å². The summed E-state index contributed by atoms with van der Waals surface area (Å²) < 4.78 is 38.3. The number of carbonyl (C=O) groups is 2. The Bertz CT molecular complexity index is 626. The third-order valence-corrected chi connectivity index (χ3v) is 4.19. The number of carboxylic acid groups (broad SMARTS) is 1. The van der Waals surface area contributed by atoms with Gasteiger partial charge in [-0.2, -0.15) is 13.2 Å². The fraction of sp³-hybridized carbons (Fsp3) is 0.529. The first-order valence-corrected chi connectivity index (χ1v) is 7.82. The summed E-state index contributed by atoms with van der Waals surface area (Å²) in [4.78, 5) is 25.2. The van der Waals surface area contributed by atoms with E-state index in [0.717, 1.165) is 25.0 Å². The first-order valence-electron chi connectivity index (χ1n) is 7.82. The molecule has 4 nitrogen and oxygen atoms in total. The predicted octanol–water partition coefficient (Wildman–Crippen LogP) is 3.35. The van der Waals surface area contributed by atoms with E-state index in [0.29, 0.717) is 5.56 Å². The van der Waals surface area contributed by atoms with E-state index in [1.807, 2.05) is 0 Å². The molecular formula is C17H20F3NO3. The van der Waals surface area contributed by atoms with E-state index in [1.165, 1.54) is 17.9 Å². The van der Waals surface area contributed by atoms with Crippen molar-refractivity contribution in [3.05, 3.63) is 35.4 Å². The summed E-state index contributed by atoms with van der Waals surface area (Å²) in [6, 6.07) is 3.86. The van der Waals surface area contributed by atoms with Crippen molar-refractivity contribution in [1.29, 1.82) is 0 Å². The fourth-order valence-corrected chi connectivity index (χ4v) is 2.73. The topological polar surface area (TPSA) is 57.6 Å². The van der Waals surface area contributed by atoms with Gasteiger partial charge in [0, 0.05) is 12.0 Å². The molecule has 2 rings (SSSR count). The molecule has 1 aliphatic carbocycles. The van der Waals surface area contributed by atoms with Gasteiger partial charge in [0.25, 0.3) is 0 Å². The summed E-state index contributed by atoms with van der Waals surface area (Å²) in [5, 5.41) is 9.16. The summed E-state index contributed by atoms with van der Waals surface area (Å²) in [5.41, 5.74) is -0.345. The van der Waals surface area contributed by atoms with Crippen molar-refractivity contribution < 1.29 is 27.9 Å². The number of benzene rings is 1. The Hall–Kier alpha value is -2.05. The summed E-state index contributed by atoms with van der Waals surface area (Å²) in [6.07, 6.45) is -2.77. The molecule has 2 atom stereocenters. The molecule has 7 heteroatoms. The van der Waals surface area contributed by atoms with Crippen LogP contribution in [0, 0.1) is 5.92 Å². The first-order chi connectivity index (χ1) is 11.1. The van der Waals surface area contributed by atoms with E-state index in [9.17, 15) is 22.8 Å². The third kappa shape index (κ3) is 4.27. The summed E-state index contributed by atoms with van der Waals surface area (Å²) in [7, 11) is 0. The van der Waals surface area contributed by atoms with Crippen LogP contribution in [0.3, 0.4) is 0 Å². The second kappa shape index (κ2) is 6.83. The minimum Gasteiger partial charge on any atom is -0.480 e. The number of halogens is 3. The molecule has 1 fully saturated rings. The van der Waals surface area contributed by atoms with E-state index in [1.54, 1.807) is 13.0 Å². The first kappa shape index (κ1) is 18.3. The number of carboxylic acids is 1. The predicted molar refractivity (Wildman–Crippen MR) is 81.3 cm³/mol. The Morgan fingerprint density at radius 1 is 1.29 bits per heavy atom. The van der Waals surface area contributed by atoms with Gasteiger partial charge in [-0.05, 0) is 37.8 Å². The second-order valence-corrected chi connectivity index (χ2v) is 6.29. The molecule has 1 aromatic rings. The van der Waals surface area contributed by atoms with Crippen LogP contribution < -0.4 is 0 Å². The van der Waals surface area contributed by atoms with Crippen molar-refractivity contribution in [1.82, 2.24) is 4.90 Å². The molecule has 1 amide bonds. The lowest BCUT2D eigenvalue weighted by atomic mass is 9.97. The van der Waals surface area contributed by atoms with Gasteiger partial charge in [0.15, 0.2) is 0 Å². The van der Waals surface area contributed by atoms with E-state index < -0.39 is 29.7 Å². The molecule has 0 saturated heterocycles. The lowest BCUT2D eigenvalue weighted by Crippen LogP contribution is -2.47. The number of hydrogen-bond donors (Lipinski definition) is 1. The van der Waals surface area contributed by atoms with Crippen LogP contribution in [-0.4, -0.2) is 34.0 Å². The average Bonchev–Trinajstić information content (AvgIpc) is 3.31. The largest absolute Gasteiger partial charge is 0.480 e. The van der Waals surface area contributed by atoms with Gasteiger partial charge in [-0.1, -0.05) is 25.1 Å². The second-order valence-electron chi connectivity index (χ2n) is 6.29. The molecule has 2 unspecified atom stereocenters. The van der Waals surface area contributed by atoms with Crippen molar-refractivity contribution in [2.24, 2.45) is 5.92 Å². The lowest BCUT2D eigenvalue weighted by Gasteiger charge is -2.29. The number of amides is 1. The van der Waals surface area contributed by atoms with Crippen LogP contribution in [-0.2, 0) is 22.2 Å². The van der Waals surface area contributed by atoms with E-state index >= 15 is 0 Å². The van der Waals surface area contributed by atoms with E-state index in [2.05, 4.69) is 0 Å². The monoisotopic (exact) mass is 343 g/mol. The molecule has 1 saturated carbocycles. The molecule has 0 aliphatic heterocycles. The molecule has 0 heterocycles. The van der Waals surface area contributed by atoms with Crippen LogP contribution in [0.5, 0.6) is 0 Å². The van der Waals surface area contributed by atoms with Crippen molar-refractivity contribution in [3.63, 3.8) is 0 Å². The Balaban J connectivity index is 2.12. The van der Waals surface area contributed by atoms with Crippen LogP contribution in [0.4, 0.5) is 13.2 Å². The Kier molecular flexibility index (Phi) is 5.20. The van der Waals surface area contributed by atoms with Gasteiger partial charge in [-0.25, -0.2) is 4.79 Å². The molecule has 1 N–H and O–H groups in total. The SMILES string of the molecule is CC(Cc1cccc(C(F)(F)F)c1)C(=O)N(C1CC1)C(C)C(=O)O. The number of hydrogen-bond acceptors (Lipinski definition) is 2. The normalized spacial score (nSPS) is 17.2. The Morgan fingerprint density at radius 2 is 1.92 bits per heavy atom. The molecule has 0 bridgehead atoms. The Labute approximate surface area is 138 Å². The number of carbonyl (C=O) groups excluding carboxylic acids is 1. The Morgan fingerprint density at radius 3 is 2.42 bits per heavy atom. The highest BCUT2D eigenvalue weighted by atomic mass is 19.4. The van der Waals surface area contributed by atoms with Gasteiger partial charge in [-0.3, -0.25) is 4.79 Å². The zero-order chi connectivity index (χ0) is 18.1. The maximum atomic E-state index is 12.8. The van der Waals surface area contributed by atoms with Crippen LogP contribution in [0.25, 0.3) is 0 Å².